The highest BCUT2D eigenvalue weighted by atomic mass is 32.2. The van der Waals surface area contributed by atoms with Crippen LogP contribution in [0.5, 0.6) is 0 Å². The molecule has 1 saturated heterocycles. The third kappa shape index (κ3) is 4.22. The van der Waals surface area contributed by atoms with Gasteiger partial charge in [0.15, 0.2) is 11.6 Å². The molecule has 1 atom stereocenters. The lowest BCUT2D eigenvalue weighted by Crippen LogP contribution is -2.20. The third-order valence-electron chi connectivity index (χ3n) is 4.65. The first-order valence-corrected chi connectivity index (χ1v) is 10.2. The summed E-state index contributed by atoms with van der Waals surface area (Å²) in [6.45, 7) is 5.38. The lowest BCUT2D eigenvalue weighted by molar-refractivity contribution is 0.335. The summed E-state index contributed by atoms with van der Waals surface area (Å²) in [5, 5.41) is 0. The van der Waals surface area contributed by atoms with E-state index >= 15 is 0 Å². The Morgan fingerprint density at radius 1 is 1.12 bits per heavy atom. The molecule has 2 aromatic rings. The third-order valence-corrected chi connectivity index (χ3v) is 6.03. The summed E-state index contributed by atoms with van der Waals surface area (Å²) in [4.78, 5) is 2.12. The molecule has 2 aromatic carbocycles. The van der Waals surface area contributed by atoms with Crippen molar-refractivity contribution >= 4 is 15.7 Å². The molecule has 0 aromatic heterocycles. The van der Waals surface area contributed by atoms with Crippen molar-refractivity contribution in [2.75, 3.05) is 24.4 Å². The molecule has 4 nitrogen and oxygen atoms in total. The molecule has 0 amide bonds. The van der Waals surface area contributed by atoms with Gasteiger partial charge in [-0.2, -0.15) is 0 Å². The van der Waals surface area contributed by atoms with E-state index in [9.17, 15) is 17.2 Å². The van der Waals surface area contributed by atoms with E-state index in [1.54, 1.807) is 12.1 Å². The van der Waals surface area contributed by atoms with Crippen molar-refractivity contribution < 1.29 is 17.2 Å². The molecule has 1 aliphatic heterocycles. The fourth-order valence-electron chi connectivity index (χ4n) is 3.31. The average molecular weight is 380 g/mol. The fourth-order valence-corrected chi connectivity index (χ4v) is 4.38. The Hall–Kier alpha value is -1.99. The Kier molecular flexibility index (Phi) is 5.58. The number of sulfonamides is 1. The van der Waals surface area contributed by atoms with Crippen LogP contribution >= 0.6 is 0 Å². The summed E-state index contributed by atoms with van der Waals surface area (Å²) in [6.07, 6.45) is 2.23. The van der Waals surface area contributed by atoms with E-state index < -0.39 is 21.7 Å². The van der Waals surface area contributed by atoms with Crippen LogP contribution < -0.4 is 4.72 Å². The monoisotopic (exact) mass is 380 g/mol. The number of halogens is 2. The quantitative estimate of drug-likeness (QED) is 0.825. The van der Waals surface area contributed by atoms with Crippen LogP contribution in [0.3, 0.4) is 0 Å². The van der Waals surface area contributed by atoms with Crippen molar-refractivity contribution in [3.63, 3.8) is 0 Å². The van der Waals surface area contributed by atoms with Gasteiger partial charge in [-0.15, -0.1) is 0 Å². The maximum Gasteiger partial charge on any atom is 0.261 e. The fraction of sp³-hybridized carbons (Fsp3) is 0.368. The molecular weight excluding hydrogens is 358 g/mol. The molecule has 0 saturated carbocycles. The molecule has 1 heterocycles. The van der Waals surface area contributed by atoms with Crippen LogP contribution in [-0.2, 0) is 10.0 Å². The lowest BCUT2D eigenvalue weighted by Gasteiger charge is -2.15. The first kappa shape index (κ1) is 18.8. The van der Waals surface area contributed by atoms with Gasteiger partial charge in [0, 0.05) is 12.2 Å². The van der Waals surface area contributed by atoms with Gasteiger partial charge in [-0.1, -0.05) is 19.1 Å². The van der Waals surface area contributed by atoms with Gasteiger partial charge in [0.2, 0.25) is 0 Å². The molecule has 140 valence electrons. The van der Waals surface area contributed by atoms with E-state index in [2.05, 4.69) is 16.5 Å². The molecule has 1 aliphatic rings. The van der Waals surface area contributed by atoms with Gasteiger partial charge < -0.3 is 4.90 Å². The van der Waals surface area contributed by atoms with Crippen LogP contribution in [0.2, 0.25) is 0 Å². The number of likely N-dealkylation sites (tertiary alicyclic amines) is 1. The van der Waals surface area contributed by atoms with Crippen molar-refractivity contribution in [1.29, 1.82) is 0 Å². The molecule has 0 spiro atoms. The molecule has 26 heavy (non-hydrogen) atoms. The smallest absolute Gasteiger partial charge is 0.261 e. The van der Waals surface area contributed by atoms with E-state index in [-0.39, 0.29) is 4.90 Å². The number of hydrogen-bond donors (Lipinski definition) is 1. The maximum atomic E-state index is 13.3. The summed E-state index contributed by atoms with van der Waals surface area (Å²) >= 11 is 0. The Labute approximate surface area is 152 Å². The summed E-state index contributed by atoms with van der Waals surface area (Å²) < 4.78 is 53.3. The Morgan fingerprint density at radius 2 is 1.85 bits per heavy atom. The predicted molar refractivity (Wildman–Crippen MR) is 97.7 cm³/mol. The van der Waals surface area contributed by atoms with Crippen LogP contribution in [0, 0.1) is 11.6 Å². The van der Waals surface area contributed by atoms with Gasteiger partial charge in [0.25, 0.3) is 10.0 Å². The SMILES string of the molecule is CCCN1CCC(c2ccc(NS(=O)(=O)c3ccc(F)c(F)c3)cc2)C1. The van der Waals surface area contributed by atoms with E-state index in [0.717, 1.165) is 44.6 Å². The molecule has 0 radical (unpaired) electrons. The minimum Gasteiger partial charge on any atom is -0.303 e. The van der Waals surface area contributed by atoms with Gasteiger partial charge in [0.05, 0.1) is 4.90 Å². The number of hydrogen-bond acceptors (Lipinski definition) is 3. The summed E-state index contributed by atoms with van der Waals surface area (Å²) in [5.74, 6) is -1.82. The zero-order chi connectivity index (χ0) is 18.7. The van der Waals surface area contributed by atoms with Crippen molar-refractivity contribution in [3.8, 4) is 0 Å². The second-order valence-electron chi connectivity index (χ2n) is 6.59. The summed E-state index contributed by atoms with van der Waals surface area (Å²) in [5.41, 5.74) is 1.57. The van der Waals surface area contributed by atoms with E-state index in [0.29, 0.717) is 17.7 Å². The maximum absolute atomic E-state index is 13.3. The number of benzene rings is 2. The highest BCUT2D eigenvalue weighted by molar-refractivity contribution is 7.92. The van der Waals surface area contributed by atoms with Gasteiger partial charge in [-0.05, 0) is 67.7 Å². The van der Waals surface area contributed by atoms with Crippen molar-refractivity contribution in [1.82, 2.24) is 4.90 Å². The zero-order valence-corrected chi connectivity index (χ0v) is 15.4. The molecule has 7 heteroatoms. The van der Waals surface area contributed by atoms with Crippen LogP contribution in [0.4, 0.5) is 14.5 Å². The minimum atomic E-state index is -3.97. The summed E-state index contributed by atoms with van der Waals surface area (Å²) in [7, 11) is -3.97. The highest BCUT2D eigenvalue weighted by Crippen LogP contribution is 2.28. The Balaban J connectivity index is 1.70. The van der Waals surface area contributed by atoms with Gasteiger partial charge in [0.1, 0.15) is 0 Å². The largest absolute Gasteiger partial charge is 0.303 e. The number of rotatable bonds is 6. The van der Waals surface area contributed by atoms with E-state index in [1.165, 1.54) is 5.56 Å². The molecule has 1 unspecified atom stereocenters. The molecule has 1 fully saturated rings. The van der Waals surface area contributed by atoms with Crippen molar-refractivity contribution in [3.05, 3.63) is 59.7 Å². The second-order valence-corrected chi connectivity index (χ2v) is 8.27. The number of nitrogens with one attached hydrogen (secondary N) is 1. The molecule has 3 rings (SSSR count). The first-order valence-electron chi connectivity index (χ1n) is 8.69. The normalized spacial score (nSPS) is 18.2. The molecule has 0 bridgehead atoms. The predicted octanol–water partition coefficient (Wildman–Crippen LogP) is 3.96. The molecule has 1 N–H and O–H groups in total. The molecule has 0 aliphatic carbocycles. The van der Waals surface area contributed by atoms with E-state index in [1.807, 2.05) is 12.1 Å². The van der Waals surface area contributed by atoms with Gasteiger partial charge >= 0.3 is 0 Å². The van der Waals surface area contributed by atoms with Crippen LogP contribution in [0.1, 0.15) is 31.2 Å². The van der Waals surface area contributed by atoms with Crippen LogP contribution in [0.15, 0.2) is 47.4 Å². The topological polar surface area (TPSA) is 49.4 Å². The Morgan fingerprint density at radius 3 is 2.50 bits per heavy atom. The van der Waals surface area contributed by atoms with Crippen molar-refractivity contribution in [2.24, 2.45) is 0 Å². The summed E-state index contributed by atoms with van der Waals surface area (Å²) in [6, 6.07) is 9.76. The standard InChI is InChI=1S/C19H22F2N2O2S/c1-2-10-23-11-9-15(13-23)14-3-5-16(6-4-14)22-26(24,25)17-7-8-18(20)19(21)12-17/h3-8,12,15,22H,2,9-11,13H2,1H3. The second kappa shape index (κ2) is 7.72. The van der Waals surface area contributed by atoms with Crippen LogP contribution in [-0.4, -0.2) is 33.0 Å². The van der Waals surface area contributed by atoms with E-state index in [4.69, 9.17) is 0 Å². The zero-order valence-electron chi connectivity index (χ0n) is 14.6. The lowest BCUT2D eigenvalue weighted by atomic mass is 9.98. The van der Waals surface area contributed by atoms with Crippen LogP contribution in [0.25, 0.3) is 0 Å². The Bertz CT molecular complexity index is 870. The number of nitrogens with zero attached hydrogens (tertiary/aromatic N) is 1. The molecular formula is C19H22F2N2O2S. The van der Waals surface area contributed by atoms with Gasteiger partial charge in [-0.25, -0.2) is 17.2 Å². The first-order chi connectivity index (χ1) is 12.4. The highest BCUT2D eigenvalue weighted by Gasteiger charge is 2.23. The number of anilines is 1. The van der Waals surface area contributed by atoms with Gasteiger partial charge in [-0.3, -0.25) is 4.72 Å². The average Bonchev–Trinajstić information content (AvgIpc) is 3.06. The minimum absolute atomic E-state index is 0.313. The van der Waals surface area contributed by atoms with Crippen molar-refractivity contribution in [2.45, 2.75) is 30.6 Å².